The Labute approximate surface area is 82.3 Å². The molecule has 2 heteroatoms. The van der Waals surface area contributed by atoms with Gasteiger partial charge in [-0.1, -0.05) is 27.2 Å². The van der Waals surface area contributed by atoms with Gasteiger partial charge in [0.15, 0.2) is 0 Å². The van der Waals surface area contributed by atoms with Gasteiger partial charge in [0.05, 0.1) is 0 Å². The first-order valence-corrected chi connectivity index (χ1v) is 5.52. The molecule has 0 spiro atoms. The molecule has 1 saturated heterocycles. The minimum Gasteiger partial charge on any atom is -0.326 e. The molecule has 1 rings (SSSR count). The van der Waals surface area contributed by atoms with E-state index in [0.29, 0.717) is 17.5 Å². The third-order valence-corrected chi connectivity index (χ3v) is 2.98. The first-order valence-electron chi connectivity index (χ1n) is 5.52. The predicted molar refractivity (Wildman–Crippen MR) is 57.7 cm³/mol. The van der Waals surface area contributed by atoms with Gasteiger partial charge in [0.2, 0.25) is 0 Å². The fraction of sp³-hybridized carbons (Fsp3) is 1.00. The summed E-state index contributed by atoms with van der Waals surface area (Å²) >= 11 is 0. The molecular weight excluding hydrogens is 160 g/mol. The van der Waals surface area contributed by atoms with Crippen LogP contribution in [0.4, 0.5) is 0 Å². The molecule has 78 valence electrons. The maximum Gasteiger partial charge on any atom is 0.0180 e. The van der Waals surface area contributed by atoms with Crippen molar-refractivity contribution < 1.29 is 0 Å². The highest BCUT2D eigenvalue weighted by atomic mass is 15.0. The van der Waals surface area contributed by atoms with E-state index in [4.69, 9.17) is 5.73 Å². The quantitative estimate of drug-likeness (QED) is 0.700. The summed E-state index contributed by atoms with van der Waals surface area (Å²) in [6.45, 7) is 7.99. The largest absolute Gasteiger partial charge is 0.326 e. The second kappa shape index (κ2) is 4.43. The van der Waals surface area contributed by atoms with Crippen LogP contribution in [0.5, 0.6) is 0 Å². The van der Waals surface area contributed by atoms with Crippen molar-refractivity contribution in [2.75, 3.05) is 6.54 Å². The average Bonchev–Trinajstić information content (AvgIpc) is 2.34. The summed E-state index contributed by atoms with van der Waals surface area (Å²) in [5, 5.41) is 3.50. The van der Waals surface area contributed by atoms with Crippen molar-refractivity contribution in [3.63, 3.8) is 0 Å². The minimum absolute atomic E-state index is 0.391. The summed E-state index contributed by atoms with van der Waals surface area (Å²) in [4.78, 5) is 0. The molecule has 3 N–H and O–H groups in total. The third kappa shape index (κ3) is 3.65. The summed E-state index contributed by atoms with van der Waals surface area (Å²) in [7, 11) is 0. The molecule has 2 atom stereocenters. The van der Waals surface area contributed by atoms with E-state index >= 15 is 0 Å². The van der Waals surface area contributed by atoms with E-state index in [2.05, 4.69) is 26.1 Å². The van der Waals surface area contributed by atoms with Gasteiger partial charge in [-0.3, -0.25) is 0 Å². The molecule has 0 bridgehead atoms. The van der Waals surface area contributed by atoms with Crippen LogP contribution in [0.3, 0.4) is 0 Å². The van der Waals surface area contributed by atoms with Gasteiger partial charge in [0.25, 0.3) is 0 Å². The van der Waals surface area contributed by atoms with Gasteiger partial charge >= 0.3 is 0 Å². The highest BCUT2D eigenvalue weighted by Crippen LogP contribution is 2.30. The van der Waals surface area contributed by atoms with Crippen LogP contribution in [0.1, 0.15) is 46.5 Å². The van der Waals surface area contributed by atoms with E-state index in [-0.39, 0.29) is 0 Å². The lowest BCUT2D eigenvalue weighted by Gasteiger charge is -2.27. The molecule has 0 saturated carbocycles. The SMILES string of the molecule is CCCC(C)(C)C[C@@H]1C[C@@H](N)CN1. The molecule has 0 amide bonds. The lowest BCUT2D eigenvalue weighted by molar-refractivity contribution is 0.268. The second-order valence-electron chi connectivity index (χ2n) is 5.22. The molecule has 0 aromatic carbocycles. The summed E-state index contributed by atoms with van der Waals surface area (Å²) < 4.78 is 0. The fourth-order valence-corrected chi connectivity index (χ4v) is 2.45. The van der Waals surface area contributed by atoms with E-state index < -0.39 is 0 Å². The Morgan fingerprint density at radius 3 is 2.62 bits per heavy atom. The van der Waals surface area contributed by atoms with Crippen molar-refractivity contribution >= 4 is 0 Å². The first-order chi connectivity index (χ1) is 6.03. The Balaban J connectivity index is 2.30. The second-order valence-corrected chi connectivity index (χ2v) is 5.22. The van der Waals surface area contributed by atoms with Crippen LogP contribution in [0.2, 0.25) is 0 Å². The van der Waals surface area contributed by atoms with E-state index in [1.807, 2.05) is 0 Å². The van der Waals surface area contributed by atoms with Crippen molar-refractivity contribution in [2.45, 2.75) is 58.5 Å². The van der Waals surface area contributed by atoms with Crippen LogP contribution < -0.4 is 11.1 Å². The van der Waals surface area contributed by atoms with Crippen molar-refractivity contribution in [1.29, 1.82) is 0 Å². The minimum atomic E-state index is 0.391. The molecule has 1 aliphatic rings. The molecular formula is C11H24N2. The van der Waals surface area contributed by atoms with Crippen LogP contribution in [0.15, 0.2) is 0 Å². The number of nitrogens with one attached hydrogen (secondary N) is 1. The summed E-state index contributed by atoms with van der Waals surface area (Å²) in [5.41, 5.74) is 6.34. The van der Waals surface area contributed by atoms with Gasteiger partial charge in [0.1, 0.15) is 0 Å². The summed E-state index contributed by atoms with van der Waals surface area (Å²) in [6, 6.07) is 1.05. The van der Waals surface area contributed by atoms with Crippen molar-refractivity contribution in [1.82, 2.24) is 5.32 Å². The highest BCUT2D eigenvalue weighted by Gasteiger charge is 2.27. The molecule has 0 unspecified atom stereocenters. The van der Waals surface area contributed by atoms with Crippen molar-refractivity contribution in [3.8, 4) is 0 Å². The van der Waals surface area contributed by atoms with Crippen molar-refractivity contribution in [2.24, 2.45) is 11.1 Å². The summed E-state index contributed by atoms with van der Waals surface area (Å²) in [6.07, 6.45) is 5.04. The van der Waals surface area contributed by atoms with Gasteiger partial charge in [-0.25, -0.2) is 0 Å². The molecule has 1 fully saturated rings. The molecule has 0 aromatic heterocycles. The van der Waals surface area contributed by atoms with Crippen LogP contribution in [0, 0.1) is 5.41 Å². The topological polar surface area (TPSA) is 38.0 Å². The van der Waals surface area contributed by atoms with Crippen LogP contribution >= 0.6 is 0 Å². The molecule has 13 heavy (non-hydrogen) atoms. The van der Waals surface area contributed by atoms with Crippen molar-refractivity contribution in [3.05, 3.63) is 0 Å². The molecule has 1 aliphatic heterocycles. The zero-order valence-electron chi connectivity index (χ0n) is 9.27. The number of hydrogen-bond acceptors (Lipinski definition) is 2. The van der Waals surface area contributed by atoms with Gasteiger partial charge < -0.3 is 11.1 Å². The average molecular weight is 184 g/mol. The van der Waals surface area contributed by atoms with Crippen LogP contribution in [-0.2, 0) is 0 Å². The molecule has 0 radical (unpaired) electrons. The van der Waals surface area contributed by atoms with E-state index in [1.165, 1.54) is 19.3 Å². The molecule has 2 nitrogen and oxygen atoms in total. The molecule has 0 aromatic rings. The third-order valence-electron chi connectivity index (χ3n) is 2.98. The van der Waals surface area contributed by atoms with Gasteiger partial charge in [-0.2, -0.15) is 0 Å². The Morgan fingerprint density at radius 1 is 1.46 bits per heavy atom. The van der Waals surface area contributed by atoms with Gasteiger partial charge in [-0.05, 0) is 24.7 Å². The number of nitrogens with two attached hydrogens (primary N) is 1. The smallest absolute Gasteiger partial charge is 0.0180 e. The monoisotopic (exact) mass is 184 g/mol. The van der Waals surface area contributed by atoms with Gasteiger partial charge in [0, 0.05) is 18.6 Å². The zero-order valence-corrected chi connectivity index (χ0v) is 9.27. The Hall–Kier alpha value is -0.0800. The van der Waals surface area contributed by atoms with E-state index in [9.17, 15) is 0 Å². The number of rotatable bonds is 4. The predicted octanol–water partition coefficient (Wildman–Crippen LogP) is 1.89. The lowest BCUT2D eigenvalue weighted by atomic mass is 9.81. The Morgan fingerprint density at radius 2 is 2.15 bits per heavy atom. The normalized spacial score (nSPS) is 29.5. The van der Waals surface area contributed by atoms with Crippen LogP contribution in [-0.4, -0.2) is 18.6 Å². The number of hydrogen-bond donors (Lipinski definition) is 2. The maximum absolute atomic E-state index is 5.86. The Bertz CT molecular complexity index is 154. The summed E-state index contributed by atoms with van der Waals surface area (Å²) in [5.74, 6) is 0. The van der Waals surface area contributed by atoms with E-state index in [0.717, 1.165) is 13.0 Å². The zero-order chi connectivity index (χ0) is 9.90. The lowest BCUT2D eigenvalue weighted by Crippen LogP contribution is -2.28. The maximum atomic E-state index is 5.86. The van der Waals surface area contributed by atoms with Crippen LogP contribution in [0.25, 0.3) is 0 Å². The van der Waals surface area contributed by atoms with E-state index in [1.54, 1.807) is 0 Å². The molecule has 0 aliphatic carbocycles. The first kappa shape index (κ1) is 11.0. The standard InChI is InChI=1S/C11H24N2/c1-4-5-11(2,3)7-10-6-9(12)8-13-10/h9-10,13H,4-8,12H2,1-3H3/t9-,10+/m1/s1. The Kier molecular flexibility index (Phi) is 3.74. The highest BCUT2D eigenvalue weighted by molar-refractivity contribution is 4.87. The fourth-order valence-electron chi connectivity index (χ4n) is 2.45. The molecule has 1 heterocycles. The van der Waals surface area contributed by atoms with Gasteiger partial charge in [-0.15, -0.1) is 0 Å².